The van der Waals surface area contributed by atoms with Crippen LogP contribution < -0.4 is 0 Å². The van der Waals surface area contributed by atoms with Crippen molar-refractivity contribution in [1.82, 2.24) is 0 Å². The molecule has 3 aromatic rings. The minimum Gasteiger partial charge on any atom is -0.377 e. The monoisotopic (exact) mass is 400 g/mol. The van der Waals surface area contributed by atoms with Crippen molar-refractivity contribution < 1.29 is 14.3 Å². The van der Waals surface area contributed by atoms with Gasteiger partial charge in [-0.1, -0.05) is 73.2 Å². The fourth-order valence-electron chi connectivity index (χ4n) is 4.38. The summed E-state index contributed by atoms with van der Waals surface area (Å²) in [5.74, 6) is -0.403. The van der Waals surface area contributed by atoms with E-state index in [1.54, 1.807) is 12.1 Å². The van der Waals surface area contributed by atoms with Gasteiger partial charge in [0.15, 0.2) is 5.78 Å². The summed E-state index contributed by atoms with van der Waals surface area (Å²) < 4.78 is 13.2. The van der Waals surface area contributed by atoms with Crippen LogP contribution in [0.2, 0.25) is 0 Å². The van der Waals surface area contributed by atoms with Gasteiger partial charge in [-0.2, -0.15) is 0 Å². The molecule has 0 unspecified atom stereocenters. The predicted octanol–water partition coefficient (Wildman–Crippen LogP) is 5.92. The second-order valence-corrected chi connectivity index (χ2v) is 7.93. The van der Waals surface area contributed by atoms with Crippen LogP contribution >= 0.6 is 0 Å². The highest BCUT2D eigenvalue weighted by atomic mass is 19.1. The molecule has 152 valence electrons. The minimum atomic E-state index is -1.27. The molecule has 4 rings (SSSR count). The molecule has 2 nitrogen and oxygen atoms in total. The summed E-state index contributed by atoms with van der Waals surface area (Å²) in [6, 6.07) is 24.9. The Morgan fingerprint density at radius 2 is 1.43 bits per heavy atom. The Labute approximate surface area is 176 Å². The molecule has 3 heteroatoms. The van der Waals surface area contributed by atoms with Crippen molar-refractivity contribution in [3.8, 4) is 0 Å². The summed E-state index contributed by atoms with van der Waals surface area (Å²) in [4.78, 5) is 13.0. The molecule has 1 N–H and O–H groups in total. The highest BCUT2D eigenvalue weighted by Crippen LogP contribution is 2.38. The largest absolute Gasteiger partial charge is 0.377 e. The molecule has 1 saturated carbocycles. The van der Waals surface area contributed by atoms with E-state index in [0.29, 0.717) is 5.56 Å². The van der Waals surface area contributed by atoms with Crippen molar-refractivity contribution in [3.05, 3.63) is 120 Å². The van der Waals surface area contributed by atoms with Crippen molar-refractivity contribution in [1.29, 1.82) is 0 Å². The van der Waals surface area contributed by atoms with Crippen LogP contribution in [0.1, 0.15) is 40.7 Å². The van der Waals surface area contributed by atoms with Gasteiger partial charge in [0.05, 0.1) is 0 Å². The van der Waals surface area contributed by atoms with E-state index in [9.17, 15) is 14.3 Å². The van der Waals surface area contributed by atoms with Gasteiger partial charge in [0, 0.05) is 11.5 Å². The Morgan fingerprint density at radius 3 is 2.00 bits per heavy atom. The van der Waals surface area contributed by atoms with Crippen molar-refractivity contribution >= 4 is 5.78 Å². The lowest BCUT2D eigenvalue weighted by atomic mass is 9.83. The van der Waals surface area contributed by atoms with Crippen LogP contribution in [0, 0.1) is 17.7 Å². The van der Waals surface area contributed by atoms with Gasteiger partial charge in [-0.25, -0.2) is 4.39 Å². The van der Waals surface area contributed by atoms with E-state index in [-0.39, 0.29) is 23.4 Å². The van der Waals surface area contributed by atoms with Crippen molar-refractivity contribution in [2.75, 3.05) is 0 Å². The number of aliphatic hydroxyl groups is 1. The molecule has 0 radical (unpaired) electrons. The van der Waals surface area contributed by atoms with Gasteiger partial charge in [-0.15, -0.1) is 0 Å². The summed E-state index contributed by atoms with van der Waals surface area (Å²) in [5.41, 5.74) is 0.844. The Kier molecular flexibility index (Phi) is 5.91. The first-order chi connectivity index (χ1) is 14.6. The maximum atomic E-state index is 13.2. The third kappa shape index (κ3) is 4.12. The Morgan fingerprint density at radius 1 is 0.867 bits per heavy atom. The Bertz CT molecular complexity index is 970. The molecular weight excluding hydrogens is 375 g/mol. The molecule has 0 aromatic heterocycles. The van der Waals surface area contributed by atoms with E-state index in [0.717, 1.165) is 30.4 Å². The highest BCUT2D eigenvalue weighted by molar-refractivity contribution is 5.98. The molecule has 0 bridgehead atoms. The van der Waals surface area contributed by atoms with Gasteiger partial charge < -0.3 is 5.11 Å². The second-order valence-electron chi connectivity index (χ2n) is 7.93. The molecule has 0 amide bonds. The fourth-order valence-corrected chi connectivity index (χ4v) is 4.38. The van der Waals surface area contributed by atoms with Gasteiger partial charge in [-0.3, -0.25) is 4.79 Å². The lowest BCUT2D eigenvalue weighted by Gasteiger charge is -2.27. The standard InChI is InChI=1S/C27H25FO2/c28-24-16-14-21(15-17-24)26(29)25-13-7-8-20(25)18-19-27(30,22-9-3-1-4-10-22)23-11-5-2-6-12-23/h1-6,9-12,14-20,25,30H,7-8,13H2/b19-18+/t20-,25+/m1/s1. The van der Waals surface area contributed by atoms with Gasteiger partial charge in [0.1, 0.15) is 11.4 Å². The quantitative estimate of drug-likeness (QED) is 0.412. The number of benzene rings is 3. The molecule has 1 aliphatic carbocycles. The maximum Gasteiger partial charge on any atom is 0.166 e. The van der Waals surface area contributed by atoms with Crippen LogP contribution in [0.4, 0.5) is 4.39 Å². The summed E-state index contributed by atoms with van der Waals surface area (Å²) >= 11 is 0. The summed E-state index contributed by atoms with van der Waals surface area (Å²) in [6.45, 7) is 0. The Balaban J connectivity index is 1.63. The number of allylic oxidation sites excluding steroid dienone is 1. The summed E-state index contributed by atoms with van der Waals surface area (Å²) in [7, 11) is 0. The number of Topliss-reactive ketones (excluding diaryl/α,β-unsaturated/α-hetero) is 1. The zero-order valence-corrected chi connectivity index (χ0v) is 16.7. The molecule has 0 saturated heterocycles. The smallest absolute Gasteiger partial charge is 0.166 e. The lowest BCUT2D eigenvalue weighted by molar-refractivity contribution is 0.0902. The number of carbonyl (C=O) groups is 1. The van der Waals surface area contributed by atoms with Crippen LogP contribution in [0.25, 0.3) is 0 Å². The minimum absolute atomic E-state index is 0.0431. The van der Waals surface area contributed by atoms with Crippen molar-refractivity contribution in [3.63, 3.8) is 0 Å². The van der Waals surface area contributed by atoms with Gasteiger partial charge in [0.2, 0.25) is 0 Å². The zero-order chi connectivity index (χ0) is 21.0. The van der Waals surface area contributed by atoms with E-state index in [2.05, 4.69) is 0 Å². The number of rotatable bonds is 6. The van der Waals surface area contributed by atoms with Crippen molar-refractivity contribution in [2.24, 2.45) is 11.8 Å². The molecule has 1 fully saturated rings. The van der Waals surface area contributed by atoms with Crippen LogP contribution in [0.5, 0.6) is 0 Å². The fraction of sp³-hybridized carbons (Fsp3) is 0.222. The lowest BCUT2D eigenvalue weighted by Crippen LogP contribution is -2.25. The van der Waals surface area contributed by atoms with Crippen LogP contribution in [0.15, 0.2) is 97.1 Å². The second kappa shape index (κ2) is 8.76. The SMILES string of the molecule is O=C(c1ccc(F)cc1)[C@H]1CCC[C@@H]1/C=C/C(O)(c1ccccc1)c1ccccc1. The van der Waals surface area contributed by atoms with E-state index in [1.807, 2.05) is 72.8 Å². The first-order valence-electron chi connectivity index (χ1n) is 10.4. The highest BCUT2D eigenvalue weighted by Gasteiger charge is 2.34. The number of halogens is 1. The predicted molar refractivity (Wildman–Crippen MR) is 117 cm³/mol. The van der Waals surface area contributed by atoms with Gasteiger partial charge in [-0.05, 0) is 60.2 Å². The topological polar surface area (TPSA) is 37.3 Å². The van der Waals surface area contributed by atoms with Crippen LogP contribution in [-0.2, 0) is 5.60 Å². The Hall–Kier alpha value is -3.04. The molecular formula is C27H25FO2. The third-order valence-corrected chi connectivity index (χ3v) is 6.05. The van der Waals surface area contributed by atoms with Crippen LogP contribution in [-0.4, -0.2) is 10.9 Å². The normalized spacial score (nSPS) is 19.3. The van der Waals surface area contributed by atoms with Crippen LogP contribution in [0.3, 0.4) is 0 Å². The summed E-state index contributed by atoms with van der Waals surface area (Å²) in [5, 5.41) is 11.7. The first-order valence-corrected chi connectivity index (χ1v) is 10.4. The van der Waals surface area contributed by atoms with Crippen molar-refractivity contribution in [2.45, 2.75) is 24.9 Å². The zero-order valence-electron chi connectivity index (χ0n) is 16.7. The molecule has 0 spiro atoms. The molecule has 0 heterocycles. The van der Waals surface area contributed by atoms with E-state index in [4.69, 9.17) is 0 Å². The summed E-state index contributed by atoms with van der Waals surface area (Å²) in [6.07, 6.45) is 6.49. The first kappa shape index (κ1) is 20.2. The number of hydrogen-bond donors (Lipinski definition) is 1. The number of carbonyl (C=O) groups excluding carboxylic acids is 1. The average molecular weight is 400 g/mol. The molecule has 30 heavy (non-hydrogen) atoms. The van der Waals surface area contributed by atoms with Gasteiger partial charge in [0.25, 0.3) is 0 Å². The molecule has 3 aromatic carbocycles. The molecule has 0 aliphatic heterocycles. The molecule has 1 aliphatic rings. The van der Waals surface area contributed by atoms with E-state index in [1.165, 1.54) is 12.1 Å². The van der Waals surface area contributed by atoms with Gasteiger partial charge >= 0.3 is 0 Å². The third-order valence-electron chi connectivity index (χ3n) is 6.05. The van der Waals surface area contributed by atoms with E-state index >= 15 is 0 Å². The number of hydrogen-bond acceptors (Lipinski definition) is 2. The average Bonchev–Trinajstić information content (AvgIpc) is 3.27. The molecule has 2 atom stereocenters. The van der Waals surface area contributed by atoms with E-state index < -0.39 is 5.60 Å². The number of ketones is 1. The maximum absolute atomic E-state index is 13.2.